The van der Waals surface area contributed by atoms with Gasteiger partial charge < -0.3 is 14.6 Å². The van der Waals surface area contributed by atoms with Crippen molar-refractivity contribution < 1.29 is 18.8 Å². The lowest BCUT2D eigenvalue weighted by atomic mass is 10.2. The van der Waals surface area contributed by atoms with Gasteiger partial charge in [-0.1, -0.05) is 42.2 Å². The van der Waals surface area contributed by atoms with Crippen molar-refractivity contribution >= 4 is 29.2 Å². The minimum atomic E-state index is -0.368. The van der Waals surface area contributed by atoms with Gasteiger partial charge >= 0.3 is 5.97 Å². The molecule has 2 aromatic carbocycles. The first-order chi connectivity index (χ1) is 14.6. The van der Waals surface area contributed by atoms with E-state index >= 15 is 0 Å². The maximum Gasteiger partial charge on any atom is 0.338 e. The van der Waals surface area contributed by atoms with Gasteiger partial charge in [-0.05, 0) is 42.8 Å². The van der Waals surface area contributed by atoms with E-state index in [1.807, 2.05) is 19.1 Å². The maximum atomic E-state index is 12.2. The Hall–Kier alpha value is -3.19. The number of anilines is 1. The predicted molar refractivity (Wildman–Crippen MR) is 113 cm³/mol. The van der Waals surface area contributed by atoms with E-state index in [4.69, 9.17) is 20.9 Å². The first-order valence-corrected chi connectivity index (χ1v) is 10.1. The summed E-state index contributed by atoms with van der Waals surface area (Å²) in [5.74, 6) is 0.167. The molecule has 156 valence electrons. The fourth-order valence-corrected chi connectivity index (χ4v) is 2.85. The van der Waals surface area contributed by atoms with Gasteiger partial charge in [0.1, 0.15) is 0 Å². The van der Waals surface area contributed by atoms with Gasteiger partial charge in [-0.25, -0.2) is 4.79 Å². The summed E-state index contributed by atoms with van der Waals surface area (Å²) in [5.41, 5.74) is 1.71. The monoisotopic (exact) mass is 427 g/mol. The van der Waals surface area contributed by atoms with Crippen LogP contribution in [0.4, 0.5) is 5.69 Å². The van der Waals surface area contributed by atoms with Crippen LogP contribution in [0.1, 0.15) is 42.4 Å². The third-order valence-electron chi connectivity index (χ3n) is 4.28. The number of unbranched alkanes of at least 4 members (excludes halogenated alkanes) is 1. The predicted octanol–water partition coefficient (Wildman–Crippen LogP) is 4.92. The molecular weight excluding hydrogens is 406 g/mol. The molecule has 0 saturated heterocycles. The van der Waals surface area contributed by atoms with Crippen LogP contribution in [-0.4, -0.2) is 28.6 Å². The third-order valence-corrected chi connectivity index (χ3v) is 4.61. The van der Waals surface area contributed by atoms with Crippen LogP contribution in [0, 0.1) is 0 Å². The van der Waals surface area contributed by atoms with Crippen LogP contribution in [0.3, 0.4) is 0 Å². The van der Waals surface area contributed by atoms with Crippen molar-refractivity contribution in [1.82, 2.24) is 10.1 Å². The zero-order valence-electron chi connectivity index (χ0n) is 16.6. The lowest BCUT2D eigenvalue weighted by molar-refractivity contribution is -0.116. The smallest absolute Gasteiger partial charge is 0.338 e. The number of benzene rings is 2. The van der Waals surface area contributed by atoms with Gasteiger partial charge in [-0.3, -0.25) is 4.79 Å². The molecule has 0 aliphatic heterocycles. The SMILES string of the molecule is CCCCOC(=O)c1ccc(NC(=O)CCc2nc(-c3ccccc3Cl)no2)cc1. The zero-order valence-corrected chi connectivity index (χ0v) is 17.3. The number of hydrogen-bond acceptors (Lipinski definition) is 6. The molecule has 0 radical (unpaired) electrons. The van der Waals surface area contributed by atoms with Crippen molar-refractivity contribution in [2.45, 2.75) is 32.6 Å². The Labute approximate surface area is 179 Å². The number of ether oxygens (including phenoxy) is 1. The highest BCUT2D eigenvalue weighted by Gasteiger charge is 2.13. The van der Waals surface area contributed by atoms with Gasteiger partial charge in [0.05, 0.1) is 17.2 Å². The number of esters is 1. The molecule has 3 aromatic rings. The molecule has 0 unspecified atom stereocenters. The van der Waals surface area contributed by atoms with Gasteiger partial charge in [0.25, 0.3) is 0 Å². The summed E-state index contributed by atoms with van der Waals surface area (Å²) in [6.45, 7) is 2.43. The number of aromatic nitrogens is 2. The molecule has 1 N–H and O–H groups in total. The standard InChI is InChI=1S/C22H22ClN3O4/c1-2-3-14-29-22(28)15-8-10-16(11-9-15)24-19(27)12-13-20-25-21(26-30-20)17-6-4-5-7-18(17)23/h4-11H,2-3,12-14H2,1H3,(H,24,27). The van der Waals surface area contributed by atoms with Gasteiger partial charge in [-0.2, -0.15) is 4.98 Å². The fraction of sp³-hybridized carbons (Fsp3) is 0.273. The number of hydrogen-bond donors (Lipinski definition) is 1. The Morgan fingerprint density at radius 2 is 1.90 bits per heavy atom. The van der Waals surface area contributed by atoms with E-state index in [0.717, 1.165) is 12.8 Å². The topological polar surface area (TPSA) is 94.3 Å². The summed E-state index contributed by atoms with van der Waals surface area (Å²) < 4.78 is 10.4. The van der Waals surface area contributed by atoms with E-state index in [2.05, 4.69) is 15.5 Å². The van der Waals surface area contributed by atoms with Crippen molar-refractivity contribution in [3.05, 3.63) is 65.0 Å². The largest absolute Gasteiger partial charge is 0.462 e. The number of halogens is 1. The molecule has 1 amide bonds. The van der Waals surface area contributed by atoms with Crippen molar-refractivity contribution in [2.75, 3.05) is 11.9 Å². The summed E-state index contributed by atoms with van der Waals surface area (Å²) >= 11 is 6.13. The summed E-state index contributed by atoms with van der Waals surface area (Å²) in [4.78, 5) is 28.4. The number of carbonyl (C=O) groups is 2. The van der Waals surface area contributed by atoms with Crippen molar-refractivity contribution in [3.8, 4) is 11.4 Å². The lowest BCUT2D eigenvalue weighted by Gasteiger charge is -2.06. The van der Waals surface area contributed by atoms with Crippen molar-refractivity contribution in [1.29, 1.82) is 0 Å². The van der Waals surface area contributed by atoms with Crippen molar-refractivity contribution in [3.63, 3.8) is 0 Å². The van der Waals surface area contributed by atoms with E-state index in [0.29, 0.717) is 46.6 Å². The maximum absolute atomic E-state index is 12.2. The zero-order chi connectivity index (χ0) is 21.3. The second kappa shape index (κ2) is 10.5. The molecular formula is C22H22ClN3O4. The minimum Gasteiger partial charge on any atom is -0.462 e. The van der Waals surface area contributed by atoms with Gasteiger partial charge in [0.15, 0.2) is 0 Å². The molecule has 8 heteroatoms. The summed E-state index contributed by atoms with van der Waals surface area (Å²) in [6.07, 6.45) is 2.26. The Balaban J connectivity index is 1.49. The van der Waals surface area contributed by atoms with Gasteiger partial charge in [0, 0.05) is 24.1 Å². The van der Waals surface area contributed by atoms with Crippen LogP contribution in [0.15, 0.2) is 53.1 Å². The van der Waals surface area contributed by atoms with Crippen LogP contribution >= 0.6 is 11.6 Å². The summed E-state index contributed by atoms with van der Waals surface area (Å²) in [6, 6.07) is 13.8. The molecule has 1 heterocycles. The normalized spacial score (nSPS) is 10.6. The van der Waals surface area contributed by atoms with Crippen LogP contribution < -0.4 is 5.32 Å². The second-order valence-corrected chi connectivity index (χ2v) is 7.01. The van der Waals surface area contributed by atoms with Crippen LogP contribution in [0.25, 0.3) is 11.4 Å². The van der Waals surface area contributed by atoms with Crippen molar-refractivity contribution in [2.24, 2.45) is 0 Å². The van der Waals surface area contributed by atoms with E-state index < -0.39 is 0 Å². The lowest BCUT2D eigenvalue weighted by Crippen LogP contribution is -2.13. The molecule has 0 bridgehead atoms. The molecule has 0 fully saturated rings. The minimum absolute atomic E-state index is 0.172. The van der Waals surface area contributed by atoms with Crippen LogP contribution in [0.5, 0.6) is 0 Å². The molecule has 0 aliphatic carbocycles. The molecule has 0 saturated carbocycles. The molecule has 3 rings (SSSR count). The molecule has 0 atom stereocenters. The van der Waals surface area contributed by atoms with Gasteiger partial charge in [0.2, 0.25) is 17.6 Å². The highest BCUT2D eigenvalue weighted by atomic mass is 35.5. The third kappa shape index (κ3) is 5.90. The quantitative estimate of drug-likeness (QED) is 0.384. The number of nitrogens with zero attached hydrogens (tertiary/aromatic N) is 2. The number of carbonyl (C=O) groups excluding carboxylic acids is 2. The Bertz CT molecular complexity index is 1000. The highest BCUT2D eigenvalue weighted by molar-refractivity contribution is 6.33. The highest BCUT2D eigenvalue weighted by Crippen LogP contribution is 2.25. The fourth-order valence-electron chi connectivity index (χ4n) is 2.63. The van der Waals surface area contributed by atoms with E-state index in [9.17, 15) is 9.59 Å². The first kappa shape index (κ1) is 21.5. The molecule has 1 aromatic heterocycles. The Morgan fingerprint density at radius 3 is 2.63 bits per heavy atom. The average molecular weight is 428 g/mol. The summed E-state index contributed by atoms with van der Waals surface area (Å²) in [5, 5.41) is 7.22. The second-order valence-electron chi connectivity index (χ2n) is 6.61. The van der Waals surface area contributed by atoms with E-state index in [-0.39, 0.29) is 18.3 Å². The molecule has 0 spiro atoms. The number of nitrogens with one attached hydrogen (secondary N) is 1. The summed E-state index contributed by atoms with van der Waals surface area (Å²) in [7, 11) is 0. The Kier molecular flexibility index (Phi) is 7.57. The molecule has 30 heavy (non-hydrogen) atoms. The first-order valence-electron chi connectivity index (χ1n) is 9.71. The van der Waals surface area contributed by atoms with E-state index in [1.165, 1.54) is 0 Å². The number of amides is 1. The molecule has 7 nitrogen and oxygen atoms in total. The van der Waals surface area contributed by atoms with E-state index in [1.54, 1.807) is 36.4 Å². The number of rotatable bonds is 9. The Morgan fingerprint density at radius 1 is 1.13 bits per heavy atom. The van der Waals surface area contributed by atoms with Gasteiger partial charge in [-0.15, -0.1) is 0 Å². The average Bonchev–Trinajstić information content (AvgIpc) is 3.22. The van der Waals surface area contributed by atoms with Crippen LogP contribution in [-0.2, 0) is 16.0 Å². The molecule has 0 aliphatic rings. The van der Waals surface area contributed by atoms with Crippen LogP contribution in [0.2, 0.25) is 5.02 Å². The number of aryl methyl sites for hydroxylation is 1.